The van der Waals surface area contributed by atoms with Crippen LogP contribution in [0.4, 0.5) is 19.0 Å². The molecule has 1 saturated heterocycles. The molecule has 2 aliphatic rings. The summed E-state index contributed by atoms with van der Waals surface area (Å²) in [6.07, 6.45) is 0.0319. The number of alkyl halides is 3. The van der Waals surface area contributed by atoms with Gasteiger partial charge in [-0.25, -0.2) is 9.97 Å². The van der Waals surface area contributed by atoms with Gasteiger partial charge in [0.2, 0.25) is 5.82 Å². The highest BCUT2D eigenvalue weighted by Gasteiger charge is 2.38. The van der Waals surface area contributed by atoms with E-state index in [9.17, 15) is 13.2 Å². The van der Waals surface area contributed by atoms with E-state index in [-0.39, 0.29) is 10.8 Å². The average Bonchev–Trinajstić information content (AvgIpc) is 3.15. The molecule has 3 heterocycles. The van der Waals surface area contributed by atoms with Crippen molar-refractivity contribution < 1.29 is 13.2 Å². The van der Waals surface area contributed by atoms with Crippen molar-refractivity contribution in [3.05, 3.63) is 23.4 Å². The Bertz CT molecular complexity index is 1020. The molecule has 0 bridgehead atoms. The molecule has 194 valence electrons. The summed E-state index contributed by atoms with van der Waals surface area (Å²) in [6, 6.07) is 2.21. The Morgan fingerprint density at radius 3 is 2.26 bits per heavy atom. The van der Waals surface area contributed by atoms with Crippen LogP contribution in [0.15, 0.2) is 11.2 Å². The second-order valence-electron chi connectivity index (χ2n) is 11.0. The summed E-state index contributed by atoms with van der Waals surface area (Å²) in [5, 5.41) is 7.28. The van der Waals surface area contributed by atoms with Gasteiger partial charge in [-0.15, -0.1) is 10.2 Å². The summed E-state index contributed by atoms with van der Waals surface area (Å²) in [5.74, 6) is 1.69. The number of halogens is 3. The Balaban J connectivity index is 1.30. The summed E-state index contributed by atoms with van der Waals surface area (Å²) in [4.78, 5) is 14.7. The third kappa shape index (κ3) is 5.93. The van der Waals surface area contributed by atoms with Crippen molar-refractivity contribution >= 4 is 17.6 Å². The van der Waals surface area contributed by atoms with Crippen LogP contribution in [0.5, 0.6) is 0 Å². The fourth-order valence-electron chi connectivity index (χ4n) is 4.54. The van der Waals surface area contributed by atoms with Crippen molar-refractivity contribution in [2.45, 2.75) is 75.5 Å². The lowest BCUT2D eigenvalue weighted by Crippen LogP contribution is -2.47. The zero-order valence-electron chi connectivity index (χ0n) is 21.3. The van der Waals surface area contributed by atoms with Crippen LogP contribution in [0, 0.1) is 0 Å². The zero-order valence-corrected chi connectivity index (χ0v) is 22.1. The van der Waals surface area contributed by atoms with Gasteiger partial charge in [0.1, 0.15) is 11.6 Å². The molecule has 0 amide bonds. The van der Waals surface area contributed by atoms with Gasteiger partial charge in [0.05, 0.1) is 5.69 Å². The summed E-state index contributed by atoms with van der Waals surface area (Å²) in [6.45, 7) is 13.4. The standard InChI is InChI=1S/C24H36F3N7S/c1-22(2,3)19-28-17(23(4)8-6-9-23)16-18(29-19)34-13-11-33(12-14-34)10-7-15-35-21-31-30-20(32(21)5)24(25,26)27/h16H,6-15H2,1-5H3. The molecule has 7 nitrogen and oxygen atoms in total. The minimum atomic E-state index is -4.48. The highest BCUT2D eigenvalue weighted by atomic mass is 32.2. The number of nitrogens with zero attached hydrogens (tertiary/aromatic N) is 7. The van der Waals surface area contributed by atoms with E-state index in [2.05, 4.69) is 53.8 Å². The number of hydrogen-bond acceptors (Lipinski definition) is 7. The third-order valence-electron chi connectivity index (χ3n) is 7.09. The van der Waals surface area contributed by atoms with E-state index in [0.29, 0.717) is 10.9 Å². The smallest absolute Gasteiger partial charge is 0.354 e. The highest BCUT2D eigenvalue weighted by Crippen LogP contribution is 2.43. The maximum absolute atomic E-state index is 12.9. The van der Waals surface area contributed by atoms with Crippen LogP contribution < -0.4 is 4.90 Å². The molecule has 1 aliphatic heterocycles. The molecule has 0 atom stereocenters. The molecule has 0 unspecified atom stereocenters. The van der Waals surface area contributed by atoms with E-state index >= 15 is 0 Å². The minimum Gasteiger partial charge on any atom is -0.354 e. The molecular formula is C24H36F3N7S. The van der Waals surface area contributed by atoms with Crippen molar-refractivity contribution in [2.75, 3.05) is 43.4 Å². The first-order valence-corrected chi connectivity index (χ1v) is 13.3. The molecule has 0 N–H and O–H groups in total. The molecule has 2 aromatic rings. The van der Waals surface area contributed by atoms with E-state index in [1.807, 2.05) is 0 Å². The molecule has 1 aliphatic carbocycles. The van der Waals surface area contributed by atoms with Crippen LogP contribution in [0.2, 0.25) is 0 Å². The molecule has 0 radical (unpaired) electrons. The first-order valence-electron chi connectivity index (χ1n) is 12.3. The lowest BCUT2D eigenvalue weighted by Gasteiger charge is -2.40. The lowest BCUT2D eigenvalue weighted by atomic mass is 9.68. The van der Waals surface area contributed by atoms with E-state index in [1.54, 1.807) is 0 Å². The summed E-state index contributed by atoms with van der Waals surface area (Å²) < 4.78 is 39.7. The SMILES string of the molecule is Cn1c(SCCCN2CCN(c3cc(C4(C)CCC4)nc(C(C)(C)C)n3)CC2)nnc1C(F)(F)F. The van der Waals surface area contributed by atoms with Gasteiger partial charge < -0.3 is 9.47 Å². The second-order valence-corrected chi connectivity index (χ2v) is 12.1. The van der Waals surface area contributed by atoms with Crippen LogP contribution >= 0.6 is 11.8 Å². The first-order chi connectivity index (χ1) is 16.4. The van der Waals surface area contributed by atoms with Gasteiger partial charge in [0, 0.05) is 55.9 Å². The molecule has 11 heteroatoms. The van der Waals surface area contributed by atoms with Crippen molar-refractivity contribution in [3.8, 4) is 0 Å². The maximum Gasteiger partial charge on any atom is 0.451 e. The molecule has 2 aromatic heterocycles. The van der Waals surface area contributed by atoms with Gasteiger partial charge in [-0.2, -0.15) is 13.2 Å². The number of rotatable bonds is 7. The Morgan fingerprint density at radius 2 is 1.71 bits per heavy atom. The van der Waals surface area contributed by atoms with E-state index in [1.165, 1.54) is 43.8 Å². The van der Waals surface area contributed by atoms with Crippen LogP contribution in [0.3, 0.4) is 0 Å². The van der Waals surface area contributed by atoms with Gasteiger partial charge in [-0.1, -0.05) is 45.9 Å². The van der Waals surface area contributed by atoms with Gasteiger partial charge in [-0.3, -0.25) is 4.90 Å². The molecule has 1 saturated carbocycles. The normalized spacial score (nSPS) is 19.1. The largest absolute Gasteiger partial charge is 0.451 e. The fraction of sp³-hybridized carbons (Fsp3) is 0.750. The fourth-order valence-corrected chi connectivity index (χ4v) is 5.38. The number of thioether (sulfide) groups is 1. The second kappa shape index (κ2) is 9.88. The average molecular weight is 512 g/mol. The van der Waals surface area contributed by atoms with Gasteiger partial charge in [0.25, 0.3) is 0 Å². The minimum absolute atomic E-state index is 0.103. The summed E-state index contributed by atoms with van der Waals surface area (Å²) >= 11 is 1.32. The summed E-state index contributed by atoms with van der Waals surface area (Å²) in [7, 11) is 1.36. The zero-order chi connectivity index (χ0) is 25.4. The lowest BCUT2D eigenvalue weighted by molar-refractivity contribution is -0.147. The molecule has 0 spiro atoms. The highest BCUT2D eigenvalue weighted by molar-refractivity contribution is 7.99. The number of piperazine rings is 1. The van der Waals surface area contributed by atoms with Crippen LogP contribution in [-0.4, -0.2) is 68.1 Å². The molecular weight excluding hydrogens is 475 g/mol. The molecule has 35 heavy (non-hydrogen) atoms. The van der Waals surface area contributed by atoms with Crippen LogP contribution in [0.25, 0.3) is 0 Å². The Kier molecular flexibility index (Phi) is 7.39. The Labute approximate surface area is 209 Å². The number of anilines is 1. The molecule has 4 rings (SSSR count). The Morgan fingerprint density at radius 1 is 1.03 bits per heavy atom. The maximum atomic E-state index is 12.9. The number of aromatic nitrogens is 5. The predicted molar refractivity (Wildman–Crippen MR) is 132 cm³/mol. The first kappa shape index (κ1) is 26.2. The van der Waals surface area contributed by atoms with Gasteiger partial charge in [-0.05, 0) is 25.8 Å². The van der Waals surface area contributed by atoms with Crippen molar-refractivity contribution in [2.24, 2.45) is 7.05 Å². The topological polar surface area (TPSA) is 63.0 Å². The van der Waals surface area contributed by atoms with Gasteiger partial charge >= 0.3 is 6.18 Å². The van der Waals surface area contributed by atoms with Crippen molar-refractivity contribution in [1.82, 2.24) is 29.6 Å². The van der Waals surface area contributed by atoms with Crippen LogP contribution in [-0.2, 0) is 24.1 Å². The Hall–Kier alpha value is -1.88. The molecule has 0 aromatic carbocycles. The van der Waals surface area contributed by atoms with Crippen molar-refractivity contribution in [3.63, 3.8) is 0 Å². The van der Waals surface area contributed by atoms with Crippen molar-refractivity contribution in [1.29, 1.82) is 0 Å². The predicted octanol–water partition coefficient (Wildman–Crippen LogP) is 4.67. The monoisotopic (exact) mass is 511 g/mol. The van der Waals surface area contributed by atoms with Gasteiger partial charge in [0.15, 0.2) is 5.16 Å². The van der Waals surface area contributed by atoms with Crippen LogP contribution in [0.1, 0.15) is 70.7 Å². The quantitative estimate of drug-likeness (QED) is 0.396. The third-order valence-corrected chi connectivity index (χ3v) is 8.20. The number of hydrogen-bond donors (Lipinski definition) is 0. The van der Waals surface area contributed by atoms with E-state index in [4.69, 9.17) is 9.97 Å². The van der Waals surface area contributed by atoms with E-state index in [0.717, 1.165) is 55.4 Å². The van der Waals surface area contributed by atoms with E-state index < -0.39 is 12.0 Å². The molecule has 2 fully saturated rings. The summed E-state index contributed by atoms with van der Waals surface area (Å²) in [5.41, 5.74) is 1.24.